The van der Waals surface area contributed by atoms with E-state index >= 15 is 0 Å². The summed E-state index contributed by atoms with van der Waals surface area (Å²) < 4.78 is 50.2. The number of ether oxygens (including phenoxy) is 1. The van der Waals surface area contributed by atoms with Gasteiger partial charge in [0.15, 0.2) is 0 Å². The molecule has 168 valence electrons. The van der Waals surface area contributed by atoms with Crippen LogP contribution >= 0.6 is 11.6 Å². The number of benzene rings is 2. The van der Waals surface area contributed by atoms with E-state index in [0.29, 0.717) is 31.2 Å². The minimum Gasteiger partial charge on any atom is -0.479 e. The predicted octanol–water partition coefficient (Wildman–Crippen LogP) is 1.56. The van der Waals surface area contributed by atoms with Crippen molar-refractivity contribution in [2.24, 2.45) is 0 Å². The van der Waals surface area contributed by atoms with E-state index in [1.54, 1.807) is 12.1 Å². The van der Waals surface area contributed by atoms with Crippen LogP contribution in [0.3, 0.4) is 0 Å². The van der Waals surface area contributed by atoms with E-state index in [2.05, 4.69) is 4.90 Å². The molecule has 2 aromatic rings. The minimum atomic E-state index is -4.27. The van der Waals surface area contributed by atoms with Gasteiger partial charge >= 0.3 is 5.91 Å². The lowest BCUT2D eigenvalue weighted by atomic mass is 10.1. The van der Waals surface area contributed by atoms with Crippen LogP contribution in [0.25, 0.3) is 0 Å². The molecule has 10 heteroatoms. The number of carbonyl (C=O) groups excluding carboxylic acids is 1. The molecule has 31 heavy (non-hydrogen) atoms. The maximum absolute atomic E-state index is 13.1. The molecule has 3 rings (SSSR count). The lowest BCUT2D eigenvalue weighted by molar-refractivity contribution is -0.852. The van der Waals surface area contributed by atoms with E-state index in [9.17, 15) is 17.6 Å². The van der Waals surface area contributed by atoms with Gasteiger partial charge in [0, 0.05) is 23.7 Å². The first-order valence-electron chi connectivity index (χ1n) is 9.83. The fourth-order valence-corrected chi connectivity index (χ4v) is 4.57. The van der Waals surface area contributed by atoms with Crippen molar-refractivity contribution in [2.45, 2.75) is 25.3 Å². The summed E-state index contributed by atoms with van der Waals surface area (Å²) in [5.74, 6) is -0.862. The molecule has 1 aliphatic heterocycles. The molecule has 0 bridgehead atoms. The van der Waals surface area contributed by atoms with Gasteiger partial charge in [-0.2, -0.15) is 8.42 Å². The third-order valence-corrected chi connectivity index (χ3v) is 6.13. The summed E-state index contributed by atoms with van der Waals surface area (Å²) in [6, 6.07) is 10.8. The molecule has 1 saturated heterocycles. The molecule has 1 aliphatic rings. The largest absolute Gasteiger partial charge is 0.479 e. The fourth-order valence-electron chi connectivity index (χ4n) is 3.75. The second kappa shape index (κ2) is 10.1. The van der Waals surface area contributed by atoms with Crippen LogP contribution in [0.4, 0.5) is 4.39 Å². The highest BCUT2D eigenvalue weighted by Crippen LogP contribution is 2.24. The van der Waals surface area contributed by atoms with Crippen LogP contribution in [0.5, 0.6) is 5.75 Å². The van der Waals surface area contributed by atoms with Crippen molar-refractivity contribution in [1.82, 2.24) is 4.90 Å². The highest BCUT2D eigenvalue weighted by molar-refractivity contribution is 7.85. The van der Waals surface area contributed by atoms with Gasteiger partial charge in [-0.25, -0.2) is 9.18 Å². The van der Waals surface area contributed by atoms with E-state index in [1.807, 2.05) is 6.92 Å². The Morgan fingerprint density at radius 1 is 1.29 bits per heavy atom. The van der Waals surface area contributed by atoms with E-state index in [0.717, 1.165) is 10.5 Å². The van der Waals surface area contributed by atoms with Crippen molar-refractivity contribution < 1.29 is 31.8 Å². The monoisotopic (exact) mass is 471 g/mol. The number of piperazine rings is 1. The fraction of sp³-hybridized carbons (Fsp3) is 0.381. The molecule has 7 nitrogen and oxygen atoms in total. The van der Waals surface area contributed by atoms with Gasteiger partial charge in [-0.3, -0.25) is 14.4 Å². The second-order valence-electron chi connectivity index (χ2n) is 7.73. The average molecular weight is 472 g/mol. The molecule has 2 atom stereocenters. The third kappa shape index (κ3) is 6.98. The maximum Gasteiger partial charge on any atom is 0.350 e. The van der Waals surface area contributed by atoms with Crippen molar-refractivity contribution in [3.63, 3.8) is 0 Å². The highest BCUT2D eigenvalue weighted by atomic mass is 35.5. The van der Waals surface area contributed by atoms with Gasteiger partial charge in [-0.15, -0.1) is 0 Å². The Kier molecular flexibility index (Phi) is 7.66. The van der Waals surface area contributed by atoms with Crippen LogP contribution < -0.4 is 9.64 Å². The zero-order valence-corrected chi connectivity index (χ0v) is 18.6. The third-order valence-electron chi connectivity index (χ3n) is 5.22. The topological polar surface area (TPSA) is 88.4 Å². The van der Waals surface area contributed by atoms with E-state index in [4.69, 9.17) is 20.9 Å². The summed E-state index contributed by atoms with van der Waals surface area (Å²) in [4.78, 5) is 15.7. The van der Waals surface area contributed by atoms with Crippen LogP contribution in [0, 0.1) is 5.82 Å². The molecule has 0 aromatic heterocycles. The zero-order chi connectivity index (χ0) is 22.6. The van der Waals surface area contributed by atoms with Gasteiger partial charge in [0.05, 0.1) is 13.1 Å². The second-order valence-corrected chi connectivity index (χ2v) is 9.62. The normalized spacial score (nSPS) is 19.9. The number of nitrogens with zero attached hydrogens (tertiary/aromatic N) is 1. The van der Waals surface area contributed by atoms with Crippen LogP contribution in [-0.2, 0) is 27.2 Å². The summed E-state index contributed by atoms with van der Waals surface area (Å²) in [7, 11) is -4.27. The lowest BCUT2D eigenvalue weighted by Crippen LogP contribution is -3.21. The van der Waals surface area contributed by atoms with Crippen molar-refractivity contribution in [2.75, 3.05) is 26.2 Å². The first kappa shape index (κ1) is 23.6. The summed E-state index contributed by atoms with van der Waals surface area (Å²) in [5.41, 5.74) is 1.20. The number of carbonyl (C=O) groups is 1. The Hall–Kier alpha value is -2.04. The summed E-state index contributed by atoms with van der Waals surface area (Å²) in [6.45, 7) is 4.45. The molecule has 0 spiro atoms. The van der Waals surface area contributed by atoms with E-state index < -0.39 is 15.9 Å². The maximum atomic E-state index is 13.1. The van der Waals surface area contributed by atoms with Gasteiger partial charge in [0.25, 0.3) is 10.1 Å². The van der Waals surface area contributed by atoms with Gasteiger partial charge < -0.3 is 4.74 Å². The van der Waals surface area contributed by atoms with Crippen molar-refractivity contribution in [3.05, 3.63) is 64.4 Å². The Bertz CT molecular complexity index is 1030. The molecule has 2 unspecified atom stereocenters. The molecule has 1 heterocycles. The predicted molar refractivity (Wildman–Crippen MR) is 114 cm³/mol. The number of amides is 1. The molecular formula is C21H25ClFN2O5S+. The first-order chi connectivity index (χ1) is 14.6. The number of rotatable bonds is 7. The van der Waals surface area contributed by atoms with Gasteiger partial charge in [-0.05, 0) is 42.8 Å². The van der Waals surface area contributed by atoms with Crippen LogP contribution in [-0.4, -0.2) is 56.1 Å². The average Bonchev–Trinajstić information content (AvgIpc) is 2.68. The highest BCUT2D eigenvalue weighted by Gasteiger charge is 2.32. The molecule has 2 N–H and O–H groups in total. The SMILES string of the molecule is CC1CN(Cc2ccc(F)cc2)CC[NH+]1C(=O)COc1ccc(Cl)cc1CS(=O)(=O)O. The molecule has 0 saturated carbocycles. The Balaban J connectivity index is 1.56. The molecule has 1 fully saturated rings. The summed E-state index contributed by atoms with van der Waals surface area (Å²) in [6.07, 6.45) is 0. The molecular weight excluding hydrogens is 447 g/mol. The van der Waals surface area contributed by atoms with Crippen molar-refractivity contribution in [3.8, 4) is 5.75 Å². The molecule has 2 aromatic carbocycles. The van der Waals surface area contributed by atoms with E-state index in [1.165, 1.54) is 30.3 Å². The standard InChI is InChI=1S/C21H24ClFN2O5S/c1-15-11-24(12-16-2-5-19(23)6-3-16)8-9-25(15)21(26)13-30-20-7-4-18(22)10-17(20)14-31(27,28)29/h2-7,10,15H,8-9,11-14H2,1H3,(H,27,28,29)/p+1. The number of hydrogen-bond donors (Lipinski definition) is 2. The van der Waals surface area contributed by atoms with Crippen LogP contribution in [0.15, 0.2) is 42.5 Å². The smallest absolute Gasteiger partial charge is 0.350 e. The van der Waals surface area contributed by atoms with Crippen molar-refractivity contribution >= 4 is 27.6 Å². The van der Waals surface area contributed by atoms with Gasteiger partial charge in [0.1, 0.15) is 23.4 Å². The van der Waals surface area contributed by atoms with Crippen molar-refractivity contribution in [1.29, 1.82) is 0 Å². The zero-order valence-electron chi connectivity index (χ0n) is 17.1. The van der Waals surface area contributed by atoms with Gasteiger partial charge in [0.2, 0.25) is 6.61 Å². The number of halogens is 2. The number of quaternary nitrogens is 1. The van der Waals surface area contributed by atoms with Crippen LogP contribution in [0.2, 0.25) is 5.02 Å². The molecule has 1 amide bonds. The first-order valence-corrected chi connectivity index (χ1v) is 11.8. The van der Waals surface area contributed by atoms with Gasteiger partial charge in [-0.1, -0.05) is 23.7 Å². The Labute approximate surface area is 186 Å². The number of hydrogen-bond acceptors (Lipinski definition) is 5. The van der Waals surface area contributed by atoms with Crippen LogP contribution in [0.1, 0.15) is 18.1 Å². The van der Waals surface area contributed by atoms with E-state index in [-0.39, 0.29) is 35.7 Å². The molecule has 0 aliphatic carbocycles. The number of nitrogens with one attached hydrogen (secondary N) is 1. The summed E-state index contributed by atoms with van der Waals surface area (Å²) in [5, 5.41) is 0.300. The summed E-state index contributed by atoms with van der Waals surface area (Å²) >= 11 is 5.90. The Morgan fingerprint density at radius 2 is 2.00 bits per heavy atom. The Morgan fingerprint density at radius 3 is 2.65 bits per heavy atom. The molecule has 0 radical (unpaired) electrons. The lowest BCUT2D eigenvalue weighted by Gasteiger charge is -2.35. The minimum absolute atomic E-state index is 0.0350. The quantitative estimate of drug-likeness (QED) is 0.596.